The molecule has 2 aromatic carbocycles. The number of benzene rings is 2. The highest BCUT2D eigenvalue weighted by Crippen LogP contribution is 2.32. The van der Waals surface area contributed by atoms with Crippen LogP contribution in [0.3, 0.4) is 0 Å². The molecule has 3 aromatic rings. The van der Waals surface area contributed by atoms with E-state index in [4.69, 9.17) is 11.6 Å². The van der Waals surface area contributed by atoms with Crippen LogP contribution in [0.25, 0.3) is 10.9 Å². The van der Waals surface area contributed by atoms with Gasteiger partial charge < -0.3 is 15.4 Å². The zero-order valence-corrected chi connectivity index (χ0v) is 15.4. The fourth-order valence-electron chi connectivity index (χ4n) is 3.08. The smallest absolute Gasteiger partial charge is 0.387 e. The van der Waals surface area contributed by atoms with Crippen LogP contribution in [0.1, 0.15) is 29.7 Å². The van der Waals surface area contributed by atoms with E-state index in [0.29, 0.717) is 23.5 Å². The van der Waals surface area contributed by atoms with Gasteiger partial charge in [-0.2, -0.15) is 13.2 Å². The summed E-state index contributed by atoms with van der Waals surface area (Å²) in [5, 5.41) is 14.9. The summed E-state index contributed by atoms with van der Waals surface area (Å²) < 4.78 is 38.5. The maximum atomic E-state index is 12.8. The Morgan fingerprint density at radius 3 is 2.67 bits per heavy atom. The topological polar surface area (TPSA) is 48.0 Å². The van der Waals surface area contributed by atoms with Crippen molar-refractivity contribution in [2.45, 2.75) is 31.7 Å². The van der Waals surface area contributed by atoms with Gasteiger partial charge in [0.15, 0.2) is 0 Å². The predicted octanol–water partition coefficient (Wildman–Crippen LogP) is 5.09. The fourth-order valence-corrected chi connectivity index (χ4v) is 3.28. The van der Waals surface area contributed by atoms with Gasteiger partial charge in [0.05, 0.1) is 11.7 Å². The normalized spacial score (nSPS) is 14.4. The standard InChI is InChI=1S/C20H20ClF3N2O/c1-12(25-11-19(27)13-3-2-4-16(21)8-13)7-14-10-26-18-9-15(20(22,23)24)5-6-17(14)18/h2-6,8-10,12,19,25-27H,7,11H2,1H3. The van der Waals surface area contributed by atoms with Crippen LogP contribution in [0.5, 0.6) is 0 Å². The zero-order valence-electron chi connectivity index (χ0n) is 14.6. The first kappa shape index (κ1) is 19.7. The number of aromatic nitrogens is 1. The number of fused-ring (bicyclic) bond motifs is 1. The van der Waals surface area contributed by atoms with Crippen LogP contribution in [0.15, 0.2) is 48.7 Å². The van der Waals surface area contributed by atoms with Crippen LogP contribution in [0.2, 0.25) is 5.02 Å². The number of nitrogens with one attached hydrogen (secondary N) is 2. The highest BCUT2D eigenvalue weighted by molar-refractivity contribution is 6.30. The number of aromatic amines is 1. The Bertz CT molecular complexity index is 923. The molecular weight excluding hydrogens is 377 g/mol. The van der Waals surface area contributed by atoms with Gasteiger partial charge in [-0.25, -0.2) is 0 Å². The third-order valence-corrected chi connectivity index (χ3v) is 4.75. The van der Waals surface area contributed by atoms with Gasteiger partial charge in [0.1, 0.15) is 0 Å². The molecule has 1 aromatic heterocycles. The SMILES string of the molecule is CC(Cc1c[nH]c2cc(C(F)(F)F)ccc12)NCC(O)c1cccc(Cl)c1. The first-order chi connectivity index (χ1) is 12.7. The molecule has 2 atom stereocenters. The van der Waals surface area contributed by atoms with E-state index in [1.54, 1.807) is 30.5 Å². The molecule has 0 saturated heterocycles. The van der Waals surface area contributed by atoms with Crippen LogP contribution < -0.4 is 5.32 Å². The summed E-state index contributed by atoms with van der Waals surface area (Å²) >= 11 is 5.94. The minimum absolute atomic E-state index is 0.0279. The third kappa shape index (κ3) is 4.83. The second kappa shape index (κ2) is 7.92. The van der Waals surface area contributed by atoms with Gasteiger partial charge in [-0.1, -0.05) is 29.8 Å². The molecule has 3 N–H and O–H groups in total. The lowest BCUT2D eigenvalue weighted by atomic mass is 10.0. The van der Waals surface area contributed by atoms with E-state index in [9.17, 15) is 18.3 Å². The fraction of sp³-hybridized carbons (Fsp3) is 0.300. The first-order valence-corrected chi connectivity index (χ1v) is 8.96. The van der Waals surface area contributed by atoms with Gasteiger partial charge in [0.2, 0.25) is 0 Å². The monoisotopic (exact) mass is 396 g/mol. The summed E-state index contributed by atoms with van der Waals surface area (Å²) in [6.07, 6.45) is -2.70. The van der Waals surface area contributed by atoms with E-state index in [1.807, 2.05) is 6.92 Å². The molecule has 3 rings (SSSR count). The number of aliphatic hydroxyl groups is 1. The van der Waals surface area contributed by atoms with Crippen LogP contribution in [0.4, 0.5) is 13.2 Å². The molecule has 3 nitrogen and oxygen atoms in total. The van der Waals surface area contributed by atoms with Gasteiger partial charge >= 0.3 is 6.18 Å². The molecule has 0 bridgehead atoms. The predicted molar refractivity (Wildman–Crippen MR) is 101 cm³/mol. The summed E-state index contributed by atoms with van der Waals surface area (Å²) in [5.41, 5.74) is 1.45. The molecule has 2 unspecified atom stereocenters. The second-order valence-electron chi connectivity index (χ2n) is 6.66. The minimum atomic E-state index is -4.36. The van der Waals surface area contributed by atoms with Crippen molar-refractivity contribution in [3.05, 3.63) is 70.4 Å². The molecule has 0 fully saturated rings. The molecule has 0 saturated carbocycles. The Kier molecular flexibility index (Phi) is 5.79. The minimum Gasteiger partial charge on any atom is -0.387 e. The van der Waals surface area contributed by atoms with E-state index in [1.165, 1.54) is 6.07 Å². The van der Waals surface area contributed by atoms with E-state index in [0.717, 1.165) is 28.6 Å². The maximum absolute atomic E-state index is 12.8. The Labute approximate surface area is 160 Å². The summed E-state index contributed by atoms with van der Waals surface area (Å²) in [7, 11) is 0. The number of hydrogen-bond acceptors (Lipinski definition) is 2. The Morgan fingerprint density at radius 2 is 1.96 bits per heavy atom. The summed E-state index contributed by atoms with van der Waals surface area (Å²) in [6, 6.07) is 10.8. The summed E-state index contributed by atoms with van der Waals surface area (Å²) in [4.78, 5) is 2.91. The molecular formula is C20H20ClF3N2O. The van der Waals surface area contributed by atoms with Crippen molar-refractivity contribution in [1.29, 1.82) is 0 Å². The van der Waals surface area contributed by atoms with Crippen molar-refractivity contribution >= 4 is 22.5 Å². The lowest BCUT2D eigenvalue weighted by molar-refractivity contribution is -0.137. The quantitative estimate of drug-likeness (QED) is 0.543. The average Bonchev–Trinajstić information content (AvgIpc) is 3.01. The number of alkyl halides is 3. The molecule has 0 aliphatic heterocycles. The highest BCUT2D eigenvalue weighted by Gasteiger charge is 2.30. The van der Waals surface area contributed by atoms with Crippen LogP contribution in [-0.2, 0) is 12.6 Å². The number of hydrogen-bond donors (Lipinski definition) is 3. The van der Waals surface area contributed by atoms with E-state index in [-0.39, 0.29) is 6.04 Å². The lowest BCUT2D eigenvalue weighted by Crippen LogP contribution is -2.32. The number of H-pyrrole nitrogens is 1. The number of rotatable bonds is 6. The molecule has 1 heterocycles. The maximum Gasteiger partial charge on any atom is 0.416 e. The van der Waals surface area contributed by atoms with E-state index < -0.39 is 17.8 Å². The second-order valence-corrected chi connectivity index (χ2v) is 7.09. The van der Waals surface area contributed by atoms with Gasteiger partial charge in [-0.3, -0.25) is 0 Å². The van der Waals surface area contributed by atoms with Crippen molar-refractivity contribution in [3.63, 3.8) is 0 Å². The Hall–Kier alpha value is -2.02. The molecule has 0 aliphatic carbocycles. The molecule has 0 radical (unpaired) electrons. The zero-order chi connectivity index (χ0) is 19.6. The van der Waals surface area contributed by atoms with Gasteiger partial charge in [-0.05, 0) is 48.7 Å². The van der Waals surface area contributed by atoms with Crippen LogP contribution in [0, 0.1) is 0 Å². The Balaban J connectivity index is 1.63. The molecule has 27 heavy (non-hydrogen) atoms. The van der Waals surface area contributed by atoms with Crippen molar-refractivity contribution in [2.75, 3.05) is 6.54 Å². The number of aliphatic hydroxyl groups excluding tert-OH is 1. The molecule has 0 spiro atoms. The van der Waals surface area contributed by atoms with Crippen molar-refractivity contribution in [3.8, 4) is 0 Å². The Morgan fingerprint density at radius 1 is 1.19 bits per heavy atom. The molecule has 7 heteroatoms. The van der Waals surface area contributed by atoms with Crippen molar-refractivity contribution < 1.29 is 18.3 Å². The summed E-state index contributed by atoms with van der Waals surface area (Å²) in [6.45, 7) is 2.32. The van der Waals surface area contributed by atoms with Crippen LogP contribution in [-0.4, -0.2) is 22.7 Å². The molecule has 0 amide bonds. The third-order valence-electron chi connectivity index (χ3n) is 4.51. The van der Waals surface area contributed by atoms with Gasteiger partial charge in [0.25, 0.3) is 0 Å². The van der Waals surface area contributed by atoms with Gasteiger partial charge in [-0.15, -0.1) is 0 Å². The van der Waals surface area contributed by atoms with Gasteiger partial charge in [0, 0.05) is 34.7 Å². The first-order valence-electron chi connectivity index (χ1n) is 8.58. The van der Waals surface area contributed by atoms with E-state index >= 15 is 0 Å². The summed E-state index contributed by atoms with van der Waals surface area (Å²) in [5.74, 6) is 0. The highest BCUT2D eigenvalue weighted by atomic mass is 35.5. The molecule has 0 aliphatic rings. The van der Waals surface area contributed by atoms with Crippen molar-refractivity contribution in [1.82, 2.24) is 10.3 Å². The number of halogens is 4. The molecule has 144 valence electrons. The van der Waals surface area contributed by atoms with Crippen LogP contribution >= 0.6 is 11.6 Å². The lowest BCUT2D eigenvalue weighted by Gasteiger charge is -2.17. The van der Waals surface area contributed by atoms with E-state index in [2.05, 4.69) is 10.3 Å². The average molecular weight is 397 g/mol. The largest absolute Gasteiger partial charge is 0.416 e. The van der Waals surface area contributed by atoms with Crippen molar-refractivity contribution in [2.24, 2.45) is 0 Å².